The molecule has 1 aromatic heterocycles. The molecule has 2 atom stereocenters. The molecule has 1 aromatic carbocycles. The molecule has 1 aliphatic carbocycles. The summed E-state index contributed by atoms with van der Waals surface area (Å²) in [6.45, 7) is 3.03. The number of benzene rings is 1. The topological polar surface area (TPSA) is 67.2 Å². The Morgan fingerprint density at radius 1 is 1.35 bits per heavy atom. The minimum atomic E-state index is 0. The second-order valence-electron chi connectivity index (χ2n) is 6.57. The minimum Gasteiger partial charge on any atom is -0.440 e. The van der Waals surface area contributed by atoms with Crippen LogP contribution in [-0.4, -0.2) is 23.5 Å². The molecule has 1 aliphatic heterocycles. The van der Waals surface area contributed by atoms with Crippen LogP contribution in [0.2, 0.25) is 0 Å². The van der Waals surface area contributed by atoms with E-state index in [1.165, 1.54) is 12.8 Å². The zero-order valence-electron chi connectivity index (χ0n) is 13.2. The first-order chi connectivity index (χ1) is 10.7. The number of amides is 1. The van der Waals surface area contributed by atoms with Crippen molar-refractivity contribution in [1.29, 1.82) is 0 Å². The first kappa shape index (κ1) is 16.3. The van der Waals surface area contributed by atoms with E-state index in [1.807, 2.05) is 18.2 Å². The highest BCUT2D eigenvalue weighted by molar-refractivity contribution is 5.94. The van der Waals surface area contributed by atoms with E-state index in [9.17, 15) is 4.79 Å². The third kappa shape index (κ3) is 3.51. The molecular formula is C17H22ClN3O2. The van der Waals surface area contributed by atoms with E-state index in [-0.39, 0.29) is 24.2 Å². The molecule has 2 N–H and O–H groups in total. The maximum Gasteiger partial charge on any atom is 0.227 e. The summed E-state index contributed by atoms with van der Waals surface area (Å²) in [5.74, 6) is 1.53. The fraction of sp³-hybridized carbons (Fsp3) is 0.529. The van der Waals surface area contributed by atoms with Gasteiger partial charge in [-0.15, -0.1) is 12.4 Å². The van der Waals surface area contributed by atoms with Gasteiger partial charge < -0.3 is 15.1 Å². The van der Waals surface area contributed by atoms with E-state index in [1.54, 1.807) is 0 Å². The van der Waals surface area contributed by atoms with Crippen LogP contribution in [0, 0.1) is 5.92 Å². The highest BCUT2D eigenvalue weighted by atomic mass is 35.5. The molecule has 2 heterocycles. The lowest BCUT2D eigenvalue weighted by Crippen LogP contribution is -2.40. The monoisotopic (exact) mass is 335 g/mol. The molecule has 6 heteroatoms. The Balaban J connectivity index is 0.00000156. The van der Waals surface area contributed by atoms with E-state index in [4.69, 9.17) is 4.42 Å². The predicted octanol–water partition coefficient (Wildman–Crippen LogP) is 3.45. The number of piperidine rings is 1. The van der Waals surface area contributed by atoms with Gasteiger partial charge in [0.25, 0.3) is 0 Å². The average molecular weight is 336 g/mol. The Hall–Kier alpha value is -1.59. The van der Waals surface area contributed by atoms with Gasteiger partial charge in [-0.25, -0.2) is 4.98 Å². The van der Waals surface area contributed by atoms with Crippen LogP contribution in [-0.2, 0) is 4.79 Å². The van der Waals surface area contributed by atoms with Gasteiger partial charge in [0.15, 0.2) is 11.5 Å². The lowest BCUT2D eigenvalue weighted by Gasteiger charge is -2.27. The number of carbonyl (C=O) groups is 1. The first-order valence-electron chi connectivity index (χ1n) is 8.14. The second kappa shape index (κ2) is 6.49. The molecule has 2 aliphatic rings. The molecule has 0 spiro atoms. The number of carbonyl (C=O) groups excluding carboxylic acids is 1. The Labute approximate surface area is 141 Å². The predicted molar refractivity (Wildman–Crippen MR) is 92.1 cm³/mol. The molecule has 2 fully saturated rings. The highest BCUT2D eigenvalue weighted by Crippen LogP contribution is 2.40. The number of halogens is 1. The van der Waals surface area contributed by atoms with Crippen molar-refractivity contribution in [2.24, 2.45) is 5.92 Å². The van der Waals surface area contributed by atoms with Crippen molar-refractivity contribution in [2.75, 3.05) is 11.9 Å². The number of oxazole rings is 1. The summed E-state index contributed by atoms with van der Waals surface area (Å²) in [5.41, 5.74) is 2.43. The number of anilines is 1. The van der Waals surface area contributed by atoms with Crippen LogP contribution >= 0.6 is 12.4 Å². The van der Waals surface area contributed by atoms with E-state index in [2.05, 4.69) is 22.5 Å². The average Bonchev–Trinajstić information content (AvgIpc) is 3.27. The van der Waals surface area contributed by atoms with E-state index in [0.717, 1.165) is 42.1 Å². The molecule has 124 valence electrons. The van der Waals surface area contributed by atoms with Gasteiger partial charge >= 0.3 is 0 Å². The van der Waals surface area contributed by atoms with Crippen LogP contribution < -0.4 is 10.6 Å². The van der Waals surface area contributed by atoms with Gasteiger partial charge in [0, 0.05) is 29.6 Å². The summed E-state index contributed by atoms with van der Waals surface area (Å²) in [4.78, 5) is 16.9. The molecule has 0 radical (unpaired) electrons. The van der Waals surface area contributed by atoms with Crippen molar-refractivity contribution in [3.05, 3.63) is 24.1 Å². The molecule has 4 rings (SSSR count). The maximum absolute atomic E-state index is 12.4. The van der Waals surface area contributed by atoms with Crippen LogP contribution in [0.25, 0.3) is 11.1 Å². The van der Waals surface area contributed by atoms with Gasteiger partial charge in [0.1, 0.15) is 5.52 Å². The Bertz CT molecular complexity index is 711. The number of fused-ring (bicyclic) bond motifs is 1. The van der Waals surface area contributed by atoms with Crippen LogP contribution in [0.3, 0.4) is 0 Å². The fourth-order valence-electron chi connectivity index (χ4n) is 3.14. The number of nitrogens with zero attached hydrogens (tertiary/aromatic N) is 1. The normalized spacial score (nSPS) is 24.2. The molecule has 5 nitrogen and oxygen atoms in total. The molecule has 1 saturated carbocycles. The minimum absolute atomic E-state index is 0. The van der Waals surface area contributed by atoms with Gasteiger partial charge in [0.2, 0.25) is 5.91 Å². The lowest BCUT2D eigenvalue weighted by atomic mass is 9.92. The van der Waals surface area contributed by atoms with Crippen LogP contribution in [0.1, 0.15) is 44.4 Å². The zero-order chi connectivity index (χ0) is 15.1. The maximum atomic E-state index is 12.4. The van der Waals surface area contributed by atoms with E-state index in [0.29, 0.717) is 12.0 Å². The van der Waals surface area contributed by atoms with E-state index >= 15 is 0 Å². The van der Waals surface area contributed by atoms with Crippen LogP contribution in [0.4, 0.5) is 5.69 Å². The summed E-state index contributed by atoms with van der Waals surface area (Å²) in [5, 5.41) is 6.39. The van der Waals surface area contributed by atoms with Crippen molar-refractivity contribution in [3.63, 3.8) is 0 Å². The van der Waals surface area contributed by atoms with Gasteiger partial charge in [0.05, 0.1) is 0 Å². The number of rotatable bonds is 3. The smallest absolute Gasteiger partial charge is 0.227 e. The highest BCUT2D eigenvalue weighted by Gasteiger charge is 2.29. The number of hydrogen-bond donors (Lipinski definition) is 2. The van der Waals surface area contributed by atoms with Crippen molar-refractivity contribution < 1.29 is 9.21 Å². The fourth-order valence-corrected chi connectivity index (χ4v) is 3.14. The zero-order valence-corrected chi connectivity index (χ0v) is 14.0. The molecule has 0 unspecified atom stereocenters. The quantitative estimate of drug-likeness (QED) is 0.901. The lowest BCUT2D eigenvalue weighted by molar-refractivity contribution is -0.120. The van der Waals surface area contributed by atoms with Crippen molar-refractivity contribution in [1.82, 2.24) is 10.3 Å². The van der Waals surface area contributed by atoms with Crippen molar-refractivity contribution in [3.8, 4) is 0 Å². The summed E-state index contributed by atoms with van der Waals surface area (Å²) in [6, 6.07) is 6.12. The SMILES string of the molecule is C[C@H]1C[C@@H](C(=O)Nc2ccc3nc(C4CC4)oc3c2)CCN1.Cl. The number of nitrogens with one attached hydrogen (secondary N) is 2. The molecular weight excluding hydrogens is 314 g/mol. The molecule has 2 aromatic rings. The van der Waals surface area contributed by atoms with Crippen LogP contribution in [0.5, 0.6) is 0 Å². The molecule has 1 saturated heterocycles. The molecule has 1 amide bonds. The summed E-state index contributed by atoms with van der Waals surface area (Å²) in [7, 11) is 0. The van der Waals surface area contributed by atoms with Crippen LogP contribution in [0.15, 0.2) is 22.6 Å². The summed E-state index contributed by atoms with van der Waals surface area (Å²) < 4.78 is 5.80. The first-order valence-corrected chi connectivity index (χ1v) is 8.14. The van der Waals surface area contributed by atoms with Gasteiger partial charge in [-0.2, -0.15) is 0 Å². The molecule has 0 bridgehead atoms. The van der Waals surface area contributed by atoms with Crippen molar-refractivity contribution in [2.45, 2.75) is 44.6 Å². The van der Waals surface area contributed by atoms with Crippen molar-refractivity contribution >= 4 is 35.1 Å². The summed E-state index contributed by atoms with van der Waals surface area (Å²) in [6.07, 6.45) is 4.13. The third-order valence-electron chi connectivity index (χ3n) is 4.59. The number of hydrogen-bond acceptors (Lipinski definition) is 4. The van der Waals surface area contributed by atoms with E-state index < -0.39 is 0 Å². The van der Waals surface area contributed by atoms with Gasteiger partial charge in [-0.05, 0) is 51.3 Å². The van der Waals surface area contributed by atoms with Gasteiger partial charge in [-0.1, -0.05) is 0 Å². The Kier molecular flexibility index (Phi) is 4.60. The third-order valence-corrected chi connectivity index (χ3v) is 4.59. The molecule has 23 heavy (non-hydrogen) atoms. The summed E-state index contributed by atoms with van der Waals surface area (Å²) >= 11 is 0. The standard InChI is InChI=1S/C17H21N3O2.ClH/c1-10-8-12(6-7-18-10)16(21)19-13-4-5-14-15(9-13)22-17(20-14)11-2-3-11;/h4-5,9-12,18H,2-3,6-8H2,1H3,(H,19,21);1H/t10-,12-;/m0./s1. The second-order valence-corrected chi connectivity index (χ2v) is 6.57. The Morgan fingerprint density at radius 3 is 2.91 bits per heavy atom. The van der Waals surface area contributed by atoms with Gasteiger partial charge in [-0.3, -0.25) is 4.79 Å². The number of aromatic nitrogens is 1. The Morgan fingerprint density at radius 2 is 2.17 bits per heavy atom. The largest absolute Gasteiger partial charge is 0.440 e.